The topological polar surface area (TPSA) is 109 Å². The van der Waals surface area contributed by atoms with Crippen LogP contribution >= 0.6 is 11.3 Å². The molecule has 9 nitrogen and oxygen atoms in total. The minimum Gasteiger partial charge on any atom is -0.322 e. The highest BCUT2D eigenvalue weighted by Crippen LogP contribution is 2.36. The summed E-state index contributed by atoms with van der Waals surface area (Å²) in [6, 6.07) is 8.60. The maximum Gasteiger partial charge on any atom is 0.344 e. The normalized spacial score (nSPS) is 22.6. The molecule has 3 heterocycles. The van der Waals surface area contributed by atoms with E-state index in [0.717, 1.165) is 22.7 Å². The van der Waals surface area contributed by atoms with Crippen LogP contribution in [0.15, 0.2) is 41.8 Å². The summed E-state index contributed by atoms with van der Waals surface area (Å²) >= 11 is 1.40. The molecule has 0 radical (unpaired) electrons. The zero-order chi connectivity index (χ0) is 23.2. The van der Waals surface area contributed by atoms with Gasteiger partial charge in [-0.1, -0.05) is 13.0 Å². The van der Waals surface area contributed by atoms with Crippen LogP contribution in [-0.2, 0) is 4.79 Å². The van der Waals surface area contributed by atoms with Gasteiger partial charge in [0.15, 0.2) is 5.82 Å². The lowest BCUT2D eigenvalue weighted by molar-refractivity contribution is -0.134. The van der Waals surface area contributed by atoms with Crippen LogP contribution in [0.4, 0.5) is 9.18 Å². The monoisotopic (exact) mass is 468 g/mol. The van der Waals surface area contributed by atoms with Crippen molar-refractivity contribution >= 4 is 29.2 Å². The van der Waals surface area contributed by atoms with E-state index in [1.807, 2.05) is 17.5 Å². The molecular formula is C22H21FN6O3S. The smallest absolute Gasteiger partial charge is 0.322 e. The molecular weight excluding hydrogens is 447 g/mol. The van der Waals surface area contributed by atoms with E-state index in [1.54, 1.807) is 0 Å². The number of amides is 4. The van der Waals surface area contributed by atoms with E-state index in [-0.39, 0.29) is 5.82 Å². The summed E-state index contributed by atoms with van der Waals surface area (Å²) < 4.78 is 14.8. The Hall–Kier alpha value is -3.60. The molecule has 1 saturated heterocycles. The molecule has 11 heteroatoms. The Morgan fingerprint density at radius 1 is 1.21 bits per heavy atom. The SMILES string of the molecule is CC1CCC2(CC1)NC(=O)N(NC(=O)c1nc(-c3cccs3)n(-c3ccc(F)cc3)n1)C2=O. The first kappa shape index (κ1) is 21.3. The van der Waals surface area contributed by atoms with Crippen LogP contribution in [0.3, 0.4) is 0 Å². The van der Waals surface area contributed by atoms with E-state index in [4.69, 9.17) is 0 Å². The molecule has 0 atom stereocenters. The third-order valence-electron chi connectivity index (χ3n) is 6.13. The van der Waals surface area contributed by atoms with Gasteiger partial charge in [-0.15, -0.1) is 16.4 Å². The number of imide groups is 1. The van der Waals surface area contributed by atoms with Crippen molar-refractivity contribution < 1.29 is 18.8 Å². The largest absolute Gasteiger partial charge is 0.344 e. The van der Waals surface area contributed by atoms with Crippen LogP contribution in [0.1, 0.15) is 43.2 Å². The van der Waals surface area contributed by atoms with Gasteiger partial charge in [-0.25, -0.2) is 24.3 Å². The highest BCUT2D eigenvalue weighted by molar-refractivity contribution is 7.13. The fourth-order valence-electron chi connectivity index (χ4n) is 4.20. The number of urea groups is 1. The Balaban J connectivity index is 1.42. The quantitative estimate of drug-likeness (QED) is 0.571. The van der Waals surface area contributed by atoms with E-state index in [1.165, 1.54) is 40.3 Å². The second-order valence-electron chi connectivity index (χ2n) is 8.40. The molecule has 33 heavy (non-hydrogen) atoms. The second kappa shape index (κ2) is 8.07. The van der Waals surface area contributed by atoms with Crippen LogP contribution in [0, 0.1) is 11.7 Å². The number of benzene rings is 1. The van der Waals surface area contributed by atoms with Crippen LogP contribution in [-0.4, -0.2) is 43.2 Å². The van der Waals surface area contributed by atoms with E-state index in [2.05, 4.69) is 27.7 Å². The Bertz CT molecular complexity index is 1220. The Labute approximate surface area is 192 Å². The average Bonchev–Trinajstić information content (AvgIpc) is 3.53. The summed E-state index contributed by atoms with van der Waals surface area (Å²) in [5, 5.41) is 9.62. The molecule has 0 bridgehead atoms. The number of rotatable bonds is 4. The second-order valence-corrected chi connectivity index (χ2v) is 9.35. The van der Waals surface area contributed by atoms with Gasteiger partial charge >= 0.3 is 11.9 Å². The summed E-state index contributed by atoms with van der Waals surface area (Å²) in [4.78, 5) is 43.6. The van der Waals surface area contributed by atoms with Crippen molar-refractivity contribution in [2.75, 3.05) is 0 Å². The highest BCUT2D eigenvalue weighted by Gasteiger charge is 2.53. The third kappa shape index (κ3) is 3.78. The van der Waals surface area contributed by atoms with Crippen molar-refractivity contribution in [2.45, 2.75) is 38.1 Å². The van der Waals surface area contributed by atoms with Crippen LogP contribution < -0.4 is 10.7 Å². The molecule has 1 spiro atoms. The van der Waals surface area contributed by atoms with Crippen molar-refractivity contribution in [3.8, 4) is 16.4 Å². The predicted octanol–water partition coefficient (Wildman–Crippen LogP) is 3.28. The van der Waals surface area contributed by atoms with Gasteiger partial charge < -0.3 is 5.32 Å². The van der Waals surface area contributed by atoms with Crippen molar-refractivity contribution in [1.82, 2.24) is 30.5 Å². The van der Waals surface area contributed by atoms with Crippen LogP contribution in [0.5, 0.6) is 0 Å². The first-order valence-corrected chi connectivity index (χ1v) is 11.5. The molecule has 2 fully saturated rings. The number of carbonyl (C=O) groups excluding carboxylic acids is 3. The summed E-state index contributed by atoms with van der Waals surface area (Å²) in [6.07, 6.45) is 2.71. The number of nitrogens with one attached hydrogen (secondary N) is 2. The van der Waals surface area contributed by atoms with Gasteiger partial charge in [0.05, 0.1) is 10.6 Å². The van der Waals surface area contributed by atoms with Crippen molar-refractivity contribution in [1.29, 1.82) is 0 Å². The van der Waals surface area contributed by atoms with Crippen molar-refractivity contribution in [3.05, 3.63) is 53.4 Å². The number of halogens is 1. The van der Waals surface area contributed by atoms with Gasteiger partial charge in [0.2, 0.25) is 5.82 Å². The maximum absolute atomic E-state index is 13.4. The van der Waals surface area contributed by atoms with Crippen molar-refractivity contribution in [2.24, 2.45) is 5.92 Å². The fraction of sp³-hybridized carbons (Fsp3) is 0.318. The number of thiophene rings is 1. The zero-order valence-corrected chi connectivity index (χ0v) is 18.6. The molecule has 3 aromatic rings. The Morgan fingerprint density at radius 3 is 2.61 bits per heavy atom. The Kier molecular flexibility index (Phi) is 5.20. The predicted molar refractivity (Wildman–Crippen MR) is 118 cm³/mol. The van der Waals surface area contributed by atoms with Crippen LogP contribution in [0.25, 0.3) is 16.4 Å². The molecule has 1 aliphatic heterocycles. The molecule has 0 unspecified atom stereocenters. The zero-order valence-electron chi connectivity index (χ0n) is 17.7. The molecule has 1 saturated carbocycles. The van der Waals surface area contributed by atoms with E-state index in [9.17, 15) is 18.8 Å². The number of hydrogen-bond acceptors (Lipinski definition) is 6. The summed E-state index contributed by atoms with van der Waals surface area (Å²) in [7, 11) is 0. The van der Waals surface area contributed by atoms with E-state index < -0.39 is 29.2 Å². The van der Waals surface area contributed by atoms with Gasteiger partial charge in [0, 0.05) is 0 Å². The van der Waals surface area contributed by atoms with E-state index in [0.29, 0.717) is 30.3 Å². The van der Waals surface area contributed by atoms with E-state index >= 15 is 0 Å². The first-order valence-electron chi connectivity index (χ1n) is 10.6. The third-order valence-corrected chi connectivity index (χ3v) is 6.99. The van der Waals surface area contributed by atoms with Gasteiger partial charge in [-0.05, 0) is 67.3 Å². The molecule has 2 aliphatic rings. The summed E-state index contributed by atoms with van der Waals surface area (Å²) in [5.41, 5.74) is 1.90. The minimum absolute atomic E-state index is 0.221. The van der Waals surface area contributed by atoms with Gasteiger partial charge in [0.25, 0.3) is 5.91 Å². The Morgan fingerprint density at radius 2 is 1.94 bits per heavy atom. The lowest BCUT2D eigenvalue weighted by Gasteiger charge is -2.33. The lowest BCUT2D eigenvalue weighted by Crippen LogP contribution is -2.51. The van der Waals surface area contributed by atoms with Gasteiger partial charge in [-0.3, -0.25) is 9.59 Å². The standard InChI is InChI=1S/C22H21FN6O3S/c1-13-8-10-22(11-9-13)20(31)29(21(32)25-22)27-19(30)17-24-18(16-3-2-12-33-16)28(26-17)15-6-4-14(23)5-7-15/h2-7,12-13H,8-11H2,1H3,(H,25,32)(H,27,30). The molecule has 1 aromatic carbocycles. The fourth-order valence-corrected chi connectivity index (χ4v) is 4.90. The molecule has 1 aliphatic carbocycles. The number of aromatic nitrogens is 3. The number of nitrogens with zero attached hydrogens (tertiary/aromatic N) is 4. The number of hydrogen-bond donors (Lipinski definition) is 2. The van der Waals surface area contributed by atoms with Crippen molar-refractivity contribution in [3.63, 3.8) is 0 Å². The summed E-state index contributed by atoms with van der Waals surface area (Å²) in [5.74, 6) is -1.01. The number of carbonyl (C=O) groups is 3. The lowest BCUT2D eigenvalue weighted by atomic mass is 9.77. The van der Waals surface area contributed by atoms with Gasteiger partial charge in [-0.2, -0.15) is 5.01 Å². The molecule has 2 aromatic heterocycles. The average molecular weight is 469 g/mol. The maximum atomic E-state index is 13.4. The first-order chi connectivity index (χ1) is 15.9. The van der Waals surface area contributed by atoms with Gasteiger partial charge in [0.1, 0.15) is 11.4 Å². The highest BCUT2D eigenvalue weighted by atomic mass is 32.1. The molecule has 2 N–H and O–H groups in total. The van der Waals surface area contributed by atoms with Crippen LogP contribution in [0.2, 0.25) is 0 Å². The number of hydrazine groups is 1. The molecule has 5 rings (SSSR count). The summed E-state index contributed by atoms with van der Waals surface area (Å²) in [6.45, 7) is 2.11. The molecule has 4 amide bonds. The molecule has 170 valence electrons. The minimum atomic E-state index is -0.972.